The van der Waals surface area contributed by atoms with Crippen LogP contribution in [0.3, 0.4) is 0 Å². The molecule has 192 valence electrons. The highest BCUT2D eigenvalue weighted by molar-refractivity contribution is 6.23. The number of imide groups is 1. The Labute approximate surface area is 216 Å². The van der Waals surface area contributed by atoms with Crippen molar-refractivity contribution in [3.8, 4) is 0 Å². The molecule has 4 saturated carbocycles. The van der Waals surface area contributed by atoms with E-state index in [0.717, 1.165) is 29.7 Å². The van der Waals surface area contributed by atoms with Crippen LogP contribution >= 0.6 is 0 Å². The fourth-order valence-corrected chi connectivity index (χ4v) is 7.68. The van der Waals surface area contributed by atoms with E-state index >= 15 is 0 Å². The van der Waals surface area contributed by atoms with Crippen LogP contribution in [0.4, 0.5) is 5.69 Å². The van der Waals surface area contributed by atoms with Crippen molar-refractivity contribution in [1.29, 1.82) is 0 Å². The van der Waals surface area contributed by atoms with Crippen LogP contribution in [-0.4, -0.2) is 46.7 Å². The molecule has 8 heteroatoms. The molecule has 1 saturated heterocycles. The lowest BCUT2D eigenvalue weighted by Crippen LogP contribution is -2.57. The summed E-state index contributed by atoms with van der Waals surface area (Å²) in [5.41, 5.74) is 1.11. The first kappa shape index (κ1) is 23.8. The summed E-state index contributed by atoms with van der Waals surface area (Å²) in [5, 5.41) is 0. The zero-order valence-electron chi connectivity index (χ0n) is 21.0. The van der Waals surface area contributed by atoms with Crippen molar-refractivity contribution in [3.05, 3.63) is 59.9 Å². The van der Waals surface area contributed by atoms with E-state index in [-0.39, 0.29) is 24.8 Å². The number of rotatable bonds is 6. The summed E-state index contributed by atoms with van der Waals surface area (Å²) in [4.78, 5) is 60.2. The third kappa shape index (κ3) is 4.12. The lowest BCUT2D eigenvalue weighted by Gasteiger charge is -2.56. The standard InChI is InChI=1S/C29H31N3O5/c1-37-27(35)22-4-6-23(7-5-22)32-25(33)12-24(26(32)34)31(17-18-3-2-8-30-16-18)28(36)29-13-19-9-20(14-29)11-21(10-19)15-29/h2-8,16,19-21,24H,9-15,17H2,1H3. The summed E-state index contributed by atoms with van der Waals surface area (Å²) in [6.07, 6.45) is 9.62. The molecule has 1 unspecified atom stereocenters. The molecule has 5 aliphatic rings. The molecule has 8 nitrogen and oxygen atoms in total. The van der Waals surface area contributed by atoms with E-state index in [2.05, 4.69) is 4.98 Å². The number of ether oxygens (including phenoxy) is 1. The molecule has 7 rings (SSSR count). The number of hydrogen-bond acceptors (Lipinski definition) is 6. The van der Waals surface area contributed by atoms with Gasteiger partial charge in [0.2, 0.25) is 11.8 Å². The van der Waals surface area contributed by atoms with Crippen molar-refractivity contribution in [1.82, 2.24) is 9.88 Å². The molecule has 1 atom stereocenters. The minimum absolute atomic E-state index is 0.0180. The number of nitrogens with zero attached hydrogens (tertiary/aromatic N) is 3. The van der Waals surface area contributed by atoms with Gasteiger partial charge >= 0.3 is 5.97 Å². The number of hydrogen-bond donors (Lipinski definition) is 0. The van der Waals surface area contributed by atoms with Gasteiger partial charge in [0.25, 0.3) is 5.91 Å². The number of esters is 1. The van der Waals surface area contributed by atoms with Gasteiger partial charge in [-0.05, 0) is 92.2 Å². The van der Waals surface area contributed by atoms with Crippen molar-refractivity contribution >= 4 is 29.4 Å². The fraction of sp³-hybridized carbons (Fsp3) is 0.483. The Hall–Kier alpha value is -3.55. The minimum Gasteiger partial charge on any atom is -0.465 e. The molecule has 3 amide bonds. The number of carbonyl (C=O) groups excluding carboxylic acids is 4. The lowest BCUT2D eigenvalue weighted by atomic mass is 9.49. The van der Waals surface area contributed by atoms with Gasteiger partial charge in [0.05, 0.1) is 30.2 Å². The maximum absolute atomic E-state index is 14.4. The van der Waals surface area contributed by atoms with Crippen LogP contribution in [0.1, 0.15) is 60.9 Å². The molecule has 37 heavy (non-hydrogen) atoms. The average molecular weight is 502 g/mol. The maximum atomic E-state index is 14.4. The van der Waals surface area contributed by atoms with Gasteiger partial charge in [0, 0.05) is 18.9 Å². The van der Waals surface area contributed by atoms with E-state index < -0.39 is 23.3 Å². The molecule has 1 aromatic carbocycles. The summed E-state index contributed by atoms with van der Waals surface area (Å²) in [6.45, 7) is 0.243. The summed E-state index contributed by atoms with van der Waals surface area (Å²) >= 11 is 0. The van der Waals surface area contributed by atoms with Gasteiger partial charge in [-0.3, -0.25) is 19.4 Å². The smallest absolute Gasteiger partial charge is 0.337 e. The Morgan fingerprint density at radius 3 is 2.24 bits per heavy atom. The number of benzene rings is 1. The second-order valence-corrected chi connectivity index (χ2v) is 11.3. The average Bonchev–Trinajstić information content (AvgIpc) is 3.19. The monoisotopic (exact) mass is 501 g/mol. The quantitative estimate of drug-likeness (QED) is 0.442. The van der Waals surface area contributed by atoms with Crippen LogP contribution < -0.4 is 4.90 Å². The lowest BCUT2D eigenvalue weighted by molar-refractivity contribution is -0.162. The predicted molar refractivity (Wildman–Crippen MR) is 134 cm³/mol. The molecule has 1 aromatic heterocycles. The Bertz CT molecular complexity index is 1210. The highest BCUT2D eigenvalue weighted by Crippen LogP contribution is 2.60. The van der Waals surface area contributed by atoms with Gasteiger partial charge < -0.3 is 9.64 Å². The Morgan fingerprint density at radius 1 is 1.03 bits per heavy atom. The second kappa shape index (κ2) is 9.08. The third-order valence-corrected chi connectivity index (χ3v) is 8.87. The summed E-state index contributed by atoms with van der Waals surface area (Å²) in [5.74, 6) is 0.522. The van der Waals surface area contributed by atoms with Crippen LogP contribution in [0, 0.1) is 23.2 Å². The molecule has 4 aliphatic carbocycles. The highest BCUT2D eigenvalue weighted by atomic mass is 16.5. The van der Waals surface area contributed by atoms with Gasteiger partial charge in [0.1, 0.15) is 6.04 Å². The molecular weight excluding hydrogens is 470 g/mol. The molecule has 4 bridgehead atoms. The van der Waals surface area contributed by atoms with E-state index in [1.54, 1.807) is 29.4 Å². The number of amides is 3. The normalized spacial score (nSPS) is 30.0. The summed E-state index contributed by atoms with van der Waals surface area (Å²) < 4.78 is 4.74. The summed E-state index contributed by atoms with van der Waals surface area (Å²) in [6, 6.07) is 9.05. The largest absolute Gasteiger partial charge is 0.465 e. The van der Waals surface area contributed by atoms with E-state index in [1.807, 2.05) is 12.1 Å². The predicted octanol–water partition coefficient (Wildman–Crippen LogP) is 3.75. The Kier molecular flexibility index (Phi) is 5.85. The van der Waals surface area contributed by atoms with Crippen molar-refractivity contribution in [3.63, 3.8) is 0 Å². The van der Waals surface area contributed by atoms with Crippen LogP contribution in [0.25, 0.3) is 0 Å². The first-order chi connectivity index (χ1) is 17.9. The number of aromatic nitrogens is 1. The topological polar surface area (TPSA) is 96.9 Å². The number of methoxy groups -OCH3 is 1. The third-order valence-electron chi connectivity index (χ3n) is 8.87. The Morgan fingerprint density at radius 2 is 1.68 bits per heavy atom. The highest BCUT2D eigenvalue weighted by Gasteiger charge is 2.57. The second-order valence-electron chi connectivity index (χ2n) is 11.3. The van der Waals surface area contributed by atoms with E-state index in [0.29, 0.717) is 29.0 Å². The molecule has 5 fully saturated rings. The number of pyridine rings is 1. The molecule has 1 aliphatic heterocycles. The van der Waals surface area contributed by atoms with Crippen molar-refractivity contribution in [2.24, 2.45) is 23.2 Å². The number of carbonyl (C=O) groups is 4. The fourth-order valence-electron chi connectivity index (χ4n) is 7.68. The van der Waals surface area contributed by atoms with Crippen LogP contribution in [-0.2, 0) is 25.7 Å². The van der Waals surface area contributed by atoms with Gasteiger partial charge in [-0.15, -0.1) is 0 Å². The van der Waals surface area contributed by atoms with Crippen LogP contribution in [0.15, 0.2) is 48.8 Å². The van der Waals surface area contributed by atoms with Crippen LogP contribution in [0.5, 0.6) is 0 Å². The van der Waals surface area contributed by atoms with Gasteiger partial charge in [0.15, 0.2) is 0 Å². The van der Waals surface area contributed by atoms with Crippen LogP contribution in [0.2, 0.25) is 0 Å². The van der Waals surface area contributed by atoms with Crippen molar-refractivity contribution < 1.29 is 23.9 Å². The number of anilines is 1. The van der Waals surface area contributed by atoms with Gasteiger partial charge in [-0.1, -0.05) is 6.07 Å². The SMILES string of the molecule is COC(=O)c1ccc(N2C(=O)CC(N(Cc3cccnc3)C(=O)C34CC5CC(CC(C5)C3)C4)C2=O)cc1. The van der Waals surface area contributed by atoms with E-state index in [9.17, 15) is 19.2 Å². The molecule has 2 heterocycles. The zero-order valence-corrected chi connectivity index (χ0v) is 21.0. The van der Waals surface area contributed by atoms with E-state index in [4.69, 9.17) is 4.74 Å². The molecule has 0 radical (unpaired) electrons. The molecule has 2 aromatic rings. The minimum atomic E-state index is -0.867. The molecule has 0 N–H and O–H groups in total. The van der Waals surface area contributed by atoms with Gasteiger partial charge in [-0.25, -0.2) is 9.69 Å². The zero-order chi connectivity index (χ0) is 25.7. The summed E-state index contributed by atoms with van der Waals surface area (Å²) in [7, 11) is 1.30. The van der Waals surface area contributed by atoms with Gasteiger partial charge in [-0.2, -0.15) is 0 Å². The first-order valence-electron chi connectivity index (χ1n) is 13.1. The molecular formula is C29H31N3O5. The maximum Gasteiger partial charge on any atom is 0.337 e. The molecule has 0 spiro atoms. The van der Waals surface area contributed by atoms with Crippen molar-refractivity contribution in [2.75, 3.05) is 12.0 Å². The first-order valence-corrected chi connectivity index (χ1v) is 13.1. The van der Waals surface area contributed by atoms with Crippen molar-refractivity contribution in [2.45, 2.75) is 57.5 Å². The van der Waals surface area contributed by atoms with E-state index in [1.165, 1.54) is 38.5 Å². The Balaban J connectivity index is 1.31.